The van der Waals surface area contributed by atoms with Gasteiger partial charge in [0, 0.05) is 0 Å². The molecule has 1 aromatic carbocycles. The van der Waals surface area contributed by atoms with E-state index in [1.54, 1.807) is 26.4 Å². The molecular formula is C13H17ClO3. The van der Waals surface area contributed by atoms with Crippen LogP contribution in [0.15, 0.2) is 12.1 Å². The predicted molar refractivity (Wildman–Crippen MR) is 66.9 cm³/mol. The minimum Gasteiger partial charge on any atom is -0.493 e. The van der Waals surface area contributed by atoms with Gasteiger partial charge in [-0.15, -0.1) is 0 Å². The number of hydrogen-bond acceptors (Lipinski definition) is 3. The Labute approximate surface area is 106 Å². The Morgan fingerprint density at radius 2 is 2.06 bits per heavy atom. The van der Waals surface area contributed by atoms with Gasteiger partial charge in [-0.05, 0) is 30.0 Å². The molecule has 1 fully saturated rings. The van der Waals surface area contributed by atoms with Gasteiger partial charge < -0.3 is 14.6 Å². The molecule has 1 saturated carbocycles. The zero-order chi connectivity index (χ0) is 12.4. The summed E-state index contributed by atoms with van der Waals surface area (Å²) < 4.78 is 10.4. The number of halogens is 1. The quantitative estimate of drug-likeness (QED) is 0.879. The molecule has 1 aromatic rings. The van der Waals surface area contributed by atoms with Gasteiger partial charge in [0.25, 0.3) is 0 Å². The van der Waals surface area contributed by atoms with Crippen LogP contribution >= 0.6 is 11.6 Å². The van der Waals surface area contributed by atoms with Crippen molar-refractivity contribution in [2.24, 2.45) is 5.92 Å². The highest BCUT2D eigenvalue weighted by atomic mass is 35.5. The fraction of sp³-hybridized carbons (Fsp3) is 0.538. The molecule has 0 aliphatic heterocycles. The van der Waals surface area contributed by atoms with Crippen LogP contribution in [0.1, 0.15) is 30.9 Å². The first-order valence-electron chi connectivity index (χ1n) is 5.75. The van der Waals surface area contributed by atoms with Crippen LogP contribution in [-0.2, 0) is 0 Å². The number of ether oxygens (including phenoxy) is 2. The summed E-state index contributed by atoms with van der Waals surface area (Å²) in [5, 5.41) is 10.6. The average Bonchev–Trinajstić information content (AvgIpc) is 3.11. The third-order valence-electron chi connectivity index (χ3n) is 3.09. The fourth-order valence-electron chi connectivity index (χ4n) is 1.94. The van der Waals surface area contributed by atoms with Crippen LogP contribution in [0.4, 0.5) is 0 Å². The van der Waals surface area contributed by atoms with E-state index in [-0.39, 0.29) is 0 Å². The van der Waals surface area contributed by atoms with E-state index < -0.39 is 6.10 Å². The van der Waals surface area contributed by atoms with Crippen molar-refractivity contribution in [1.82, 2.24) is 0 Å². The zero-order valence-electron chi connectivity index (χ0n) is 10.1. The summed E-state index contributed by atoms with van der Waals surface area (Å²) in [6.45, 7) is 0. The SMILES string of the molecule is COc1cc(C(O)CC2CC2)cc(Cl)c1OC. The summed E-state index contributed by atoms with van der Waals surface area (Å²) in [4.78, 5) is 0. The molecule has 1 aliphatic carbocycles. The van der Waals surface area contributed by atoms with Crippen LogP contribution in [0.2, 0.25) is 5.02 Å². The van der Waals surface area contributed by atoms with Crippen molar-refractivity contribution in [3.05, 3.63) is 22.7 Å². The molecule has 1 N–H and O–H groups in total. The Bertz CT molecular complexity index is 402. The van der Waals surface area contributed by atoms with E-state index in [2.05, 4.69) is 0 Å². The van der Waals surface area contributed by atoms with Gasteiger partial charge in [-0.3, -0.25) is 0 Å². The summed E-state index contributed by atoms with van der Waals surface area (Å²) in [6.07, 6.45) is 2.77. The van der Waals surface area contributed by atoms with Crippen molar-refractivity contribution in [3.63, 3.8) is 0 Å². The first-order chi connectivity index (χ1) is 8.15. The lowest BCUT2D eigenvalue weighted by atomic mass is 10.0. The molecule has 0 saturated heterocycles. The Balaban J connectivity index is 2.24. The Kier molecular flexibility index (Phi) is 3.79. The highest BCUT2D eigenvalue weighted by Crippen LogP contribution is 2.41. The number of aliphatic hydroxyl groups is 1. The summed E-state index contributed by atoms with van der Waals surface area (Å²) in [5.41, 5.74) is 0.791. The molecule has 0 radical (unpaired) electrons. The molecule has 2 rings (SSSR count). The second-order valence-electron chi connectivity index (χ2n) is 4.43. The van der Waals surface area contributed by atoms with Gasteiger partial charge in [0.05, 0.1) is 25.3 Å². The van der Waals surface area contributed by atoms with E-state index in [1.807, 2.05) is 0 Å². The minimum absolute atomic E-state index is 0.469. The highest BCUT2D eigenvalue weighted by Gasteiger charge is 2.26. The number of benzene rings is 1. The van der Waals surface area contributed by atoms with E-state index in [4.69, 9.17) is 21.1 Å². The van der Waals surface area contributed by atoms with Crippen LogP contribution in [0, 0.1) is 5.92 Å². The summed E-state index contributed by atoms with van der Waals surface area (Å²) in [7, 11) is 3.11. The van der Waals surface area contributed by atoms with Gasteiger partial charge in [-0.25, -0.2) is 0 Å². The van der Waals surface area contributed by atoms with Gasteiger partial charge in [0.2, 0.25) is 0 Å². The van der Waals surface area contributed by atoms with Crippen molar-refractivity contribution < 1.29 is 14.6 Å². The molecular weight excluding hydrogens is 240 g/mol. The third-order valence-corrected chi connectivity index (χ3v) is 3.37. The monoisotopic (exact) mass is 256 g/mol. The molecule has 94 valence electrons. The van der Waals surface area contributed by atoms with Gasteiger partial charge in [0.15, 0.2) is 11.5 Å². The van der Waals surface area contributed by atoms with Crippen LogP contribution < -0.4 is 9.47 Å². The smallest absolute Gasteiger partial charge is 0.179 e. The summed E-state index contributed by atoms with van der Waals surface area (Å²) >= 11 is 6.09. The largest absolute Gasteiger partial charge is 0.493 e. The summed E-state index contributed by atoms with van der Waals surface area (Å²) in [5.74, 6) is 1.73. The Hall–Kier alpha value is -0.930. The van der Waals surface area contributed by atoms with E-state index in [0.29, 0.717) is 22.4 Å². The van der Waals surface area contributed by atoms with Crippen molar-refractivity contribution in [3.8, 4) is 11.5 Å². The van der Waals surface area contributed by atoms with Crippen molar-refractivity contribution in [2.45, 2.75) is 25.4 Å². The second-order valence-corrected chi connectivity index (χ2v) is 4.84. The molecule has 4 heteroatoms. The average molecular weight is 257 g/mol. The van der Waals surface area contributed by atoms with Gasteiger partial charge in [0.1, 0.15) is 0 Å². The maximum atomic E-state index is 10.1. The highest BCUT2D eigenvalue weighted by molar-refractivity contribution is 6.32. The molecule has 0 spiro atoms. The topological polar surface area (TPSA) is 38.7 Å². The predicted octanol–water partition coefficient (Wildman–Crippen LogP) is 3.19. The fourth-order valence-corrected chi connectivity index (χ4v) is 2.23. The number of methoxy groups -OCH3 is 2. The van der Waals surface area contributed by atoms with E-state index in [0.717, 1.165) is 12.0 Å². The van der Waals surface area contributed by atoms with Crippen molar-refractivity contribution >= 4 is 11.6 Å². The Morgan fingerprint density at radius 1 is 1.35 bits per heavy atom. The molecule has 17 heavy (non-hydrogen) atoms. The normalized spacial score (nSPS) is 16.7. The molecule has 0 bridgehead atoms. The van der Waals surface area contributed by atoms with E-state index in [1.165, 1.54) is 12.8 Å². The molecule has 0 heterocycles. The minimum atomic E-state index is -0.472. The molecule has 1 atom stereocenters. The molecule has 3 nitrogen and oxygen atoms in total. The maximum absolute atomic E-state index is 10.1. The number of hydrogen-bond donors (Lipinski definition) is 1. The zero-order valence-corrected chi connectivity index (χ0v) is 10.8. The van der Waals surface area contributed by atoms with E-state index in [9.17, 15) is 5.11 Å². The molecule has 1 aliphatic rings. The third kappa shape index (κ3) is 2.85. The van der Waals surface area contributed by atoms with Crippen LogP contribution in [0.25, 0.3) is 0 Å². The van der Waals surface area contributed by atoms with Crippen molar-refractivity contribution in [1.29, 1.82) is 0 Å². The number of aliphatic hydroxyl groups excluding tert-OH is 1. The summed E-state index contributed by atoms with van der Waals surface area (Å²) in [6, 6.07) is 3.54. The van der Waals surface area contributed by atoms with E-state index >= 15 is 0 Å². The Morgan fingerprint density at radius 3 is 2.59 bits per heavy atom. The van der Waals surface area contributed by atoms with Crippen molar-refractivity contribution in [2.75, 3.05) is 14.2 Å². The first-order valence-corrected chi connectivity index (χ1v) is 6.13. The molecule has 0 aromatic heterocycles. The second kappa shape index (κ2) is 5.15. The lowest BCUT2D eigenvalue weighted by Crippen LogP contribution is -2.01. The maximum Gasteiger partial charge on any atom is 0.179 e. The first kappa shape index (κ1) is 12.5. The molecule has 0 amide bonds. The van der Waals surface area contributed by atoms with Crippen LogP contribution in [0.3, 0.4) is 0 Å². The van der Waals surface area contributed by atoms with Crippen LogP contribution in [-0.4, -0.2) is 19.3 Å². The number of rotatable bonds is 5. The molecule has 1 unspecified atom stereocenters. The van der Waals surface area contributed by atoms with Gasteiger partial charge in [-0.1, -0.05) is 24.4 Å². The van der Waals surface area contributed by atoms with Gasteiger partial charge in [-0.2, -0.15) is 0 Å². The van der Waals surface area contributed by atoms with Crippen LogP contribution in [0.5, 0.6) is 11.5 Å². The lowest BCUT2D eigenvalue weighted by molar-refractivity contribution is 0.160. The standard InChI is InChI=1S/C13H17ClO3/c1-16-12-7-9(6-10(14)13(12)17-2)11(15)5-8-3-4-8/h6-8,11,15H,3-5H2,1-2H3. The lowest BCUT2D eigenvalue weighted by Gasteiger charge is -2.15. The van der Waals surface area contributed by atoms with Gasteiger partial charge >= 0.3 is 0 Å².